The predicted molar refractivity (Wildman–Crippen MR) is 95.7 cm³/mol. The second-order valence-corrected chi connectivity index (χ2v) is 5.66. The van der Waals surface area contributed by atoms with Crippen LogP contribution in [0.25, 0.3) is 0 Å². The van der Waals surface area contributed by atoms with Gasteiger partial charge in [0, 0.05) is 5.69 Å². The molecule has 134 valence electrons. The molecule has 0 spiro atoms. The summed E-state index contributed by atoms with van der Waals surface area (Å²) in [6, 6.07) is 16.7. The Morgan fingerprint density at radius 1 is 1.08 bits per heavy atom. The Labute approximate surface area is 151 Å². The molecule has 0 amide bonds. The lowest BCUT2D eigenvalue weighted by atomic mass is 10.2. The highest BCUT2D eigenvalue weighted by Crippen LogP contribution is 2.20. The summed E-state index contributed by atoms with van der Waals surface area (Å²) >= 11 is 0. The molecule has 2 aromatic carbocycles. The standard InChI is InChI=1S/C20H19NO5/c1-14-7-5-6-10-17(14)24-11-12-25-20(23)18-16(22)13-26-19(18)21-15-8-3-2-4-9-15/h2-10,21H,11-13H2,1H3. The molecule has 0 bridgehead atoms. The van der Waals surface area contributed by atoms with Gasteiger partial charge in [0.25, 0.3) is 0 Å². The van der Waals surface area contributed by atoms with Gasteiger partial charge < -0.3 is 19.5 Å². The van der Waals surface area contributed by atoms with Crippen molar-refractivity contribution in [3.63, 3.8) is 0 Å². The molecule has 0 unspecified atom stereocenters. The molecule has 6 nitrogen and oxygen atoms in total. The zero-order valence-electron chi connectivity index (χ0n) is 14.4. The van der Waals surface area contributed by atoms with E-state index in [-0.39, 0.29) is 31.3 Å². The van der Waals surface area contributed by atoms with Crippen LogP contribution >= 0.6 is 0 Å². The highest BCUT2D eigenvalue weighted by molar-refractivity contribution is 6.19. The van der Waals surface area contributed by atoms with Gasteiger partial charge in [0.15, 0.2) is 12.2 Å². The van der Waals surface area contributed by atoms with Crippen molar-refractivity contribution in [3.8, 4) is 5.75 Å². The van der Waals surface area contributed by atoms with E-state index < -0.39 is 11.8 Å². The van der Waals surface area contributed by atoms with Crippen LogP contribution in [0, 0.1) is 6.92 Å². The van der Waals surface area contributed by atoms with Gasteiger partial charge in [-0.15, -0.1) is 0 Å². The number of Topliss-reactive ketones (excluding diaryl/α,β-unsaturated/α-hetero) is 1. The summed E-state index contributed by atoms with van der Waals surface area (Å²) in [7, 11) is 0. The lowest BCUT2D eigenvalue weighted by Gasteiger charge is -2.10. The molecule has 26 heavy (non-hydrogen) atoms. The van der Waals surface area contributed by atoms with E-state index in [2.05, 4.69) is 5.32 Å². The molecule has 1 N–H and O–H groups in total. The lowest BCUT2D eigenvalue weighted by molar-refractivity contribution is -0.140. The van der Waals surface area contributed by atoms with Crippen LogP contribution in [0.4, 0.5) is 5.69 Å². The van der Waals surface area contributed by atoms with Gasteiger partial charge in [-0.1, -0.05) is 36.4 Å². The van der Waals surface area contributed by atoms with E-state index in [4.69, 9.17) is 14.2 Å². The van der Waals surface area contributed by atoms with E-state index in [0.717, 1.165) is 11.3 Å². The maximum Gasteiger partial charge on any atom is 0.347 e. The van der Waals surface area contributed by atoms with Crippen LogP contribution in [0.5, 0.6) is 5.75 Å². The van der Waals surface area contributed by atoms with Crippen LogP contribution in [0.2, 0.25) is 0 Å². The summed E-state index contributed by atoms with van der Waals surface area (Å²) in [6.07, 6.45) is 0. The largest absolute Gasteiger partial charge is 0.490 e. The quantitative estimate of drug-likeness (QED) is 0.469. The molecule has 0 saturated heterocycles. The molecule has 0 aliphatic carbocycles. The minimum absolute atomic E-state index is 0.0303. The van der Waals surface area contributed by atoms with Crippen LogP contribution in [0.15, 0.2) is 66.1 Å². The zero-order chi connectivity index (χ0) is 18.4. The molecule has 2 aromatic rings. The van der Waals surface area contributed by atoms with Gasteiger partial charge in [-0.25, -0.2) is 4.79 Å². The van der Waals surface area contributed by atoms with Crippen molar-refractivity contribution in [3.05, 3.63) is 71.6 Å². The number of aryl methyl sites for hydroxylation is 1. The SMILES string of the molecule is Cc1ccccc1OCCOC(=O)C1=C(Nc2ccccc2)OCC1=O. The topological polar surface area (TPSA) is 73.9 Å². The smallest absolute Gasteiger partial charge is 0.347 e. The van der Waals surface area contributed by atoms with Crippen LogP contribution in [-0.4, -0.2) is 31.6 Å². The van der Waals surface area contributed by atoms with Gasteiger partial charge in [-0.3, -0.25) is 4.79 Å². The number of nitrogens with one attached hydrogen (secondary N) is 1. The minimum atomic E-state index is -0.723. The number of carbonyl (C=O) groups excluding carboxylic acids is 2. The molecular weight excluding hydrogens is 334 g/mol. The van der Waals surface area contributed by atoms with Gasteiger partial charge in [0.05, 0.1) is 0 Å². The van der Waals surface area contributed by atoms with Crippen molar-refractivity contribution < 1.29 is 23.8 Å². The third-order valence-electron chi connectivity index (χ3n) is 3.76. The van der Waals surface area contributed by atoms with Crippen molar-refractivity contribution in [2.75, 3.05) is 25.1 Å². The van der Waals surface area contributed by atoms with E-state index in [1.165, 1.54) is 0 Å². The molecular formula is C20H19NO5. The Balaban J connectivity index is 1.57. The number of hydrogen-bond donors (Lipinski definition) is 1. The summed E-state index contributed by atoms with van der Waals surface area (Å²) in [5.41, 5.74) is 1.60. The molecule has 0 saturated carbocycles. The Bertz CT molecular complexity index is 829. The number of para-hydroxylation sites is 2. The molecule has 3 rings (SSSR count). The Hall–Kier alpha value is -3.28. The van der Waals surface area contributed by atoms with Crippen LogP contribution in [0.1, 0.15) is 5.56 Å². The van der Waals surface area contributed by atoms with E-state index in [9.17, 15) is 9.59 Å². The zero-order valence-corrected chi connectivity index (χ0v) is 14.4. The second kappa shape index (κ2) is 8.20. The average Bonchev–Trinajstić information content (AvgIpc) is 3.01. The first-order valence-corrected chi connectivity index (χ1v) is 8.23. The first kappa shape index (κ1) is 17.5. The van der Waals surface area contributed by atoms with Crippen LogP contribution < -0.4 is 10.1 Å². The summed E-state index contributed by atoms with van der Waals surface area (Å²) in [4.78, 5) is 24.2. The van der Waals surface area contributed by atoms with E-state index in [0.29, 0.717) is 5.69 Å². The third kappa shape index (κ3) is 4.22. The van der Waals surface area contributed by atoms with Gasteiger partial charge in [-0.05, 0) is 30.7 Å². The average molecular weight is 353 g/mol. The molecule has 6 heteroatoms. The van der Waals surface area contributed by atoms with Gasteiger partial charge in [-0.2, -0.15) is 0 Å². The van der Waals surface area contributed by atoms with Crippen molar-refractivity contribution in [2.24, 2.45) is 0 Å². The highest BCUT2D eigenvalue weighted by Gasteiger charge is 2.32. The number of benzene rings is 2. The summed E-state index contributed by atoms with van der Waals surface area (Å²) in [5.74, 6) is -0.284. The Morgan fingerprint density at radius 2 is 1.81 bits per heavy atom. The molecule has 0 fully saturated rings. The number of esters is 1. The first-order valence-electron chi connectivity index (χ1n) is 8.23. The van der Waals surface area contributed by atoms with Crippen molar-refractivity contribution in [1.29, 1.82) is 0 Å². The molecule has 0 radical (unpaired) electrons. The van der Waals surface area contributed by atoms with E-state index in [1.807, 2.05) is 49.4 Å². The molecule has 0 aromatic heterocycles. The fourth-order valence-corrected chi connectivity index (χ4v) is 2.44. The number of carbonyl (C=O) groups is 2. The Kier molecular flexibility index (Phi) is 5.53. The summed E-state index contributed by atoms with van der Waals surface area (Å²) in [5, 5.41) is 2.93. The van der Waals surface area contributed by atoms with E-state index >= 15 is 0 Å². The van der Waals surface area contributed by atoms with Crippen molar-refractivity contribution >= 4 is 17.4 Å². The normalized spacial score (nSPS) is 13.3. The van der Waals surface area contributed by atoms with Crippen LogP contribution in [-0.2, 0) is 19.1 Å². The minimum Gasteiger partial charge on any atom is -0.490 e. The second-order valence-electron chi connectivity index (χ2n) is 5.66. The fourth-order valence-electron chi connectivity index (χ4n) is 2.44. The number of hydrogen-bond acceptors (Lipinski definition) is 6. The predicted octanol–water partition coefficient (Wildman–Crippen LogP) is 2.84. The summed E-state index contributed by atoms with van der Waals surface area (Å²) < 4.78 is 16.0. The van der Waals surface area contributed by atoms with Crippen molar-refractivity contribution in [1.82, 2.24) is 0 Å². The van der Waals surface area contributed by atoms with Crippen molar-refractivity contribution in [2.45, 2.75) is 6.92 Å². The maximum absolute atomic E-state index is 12.3. The fraction of sp³-hybridized carbons (Fsp3) is 0.200. The molecule has 0 atom stereocenters. The number of ether oxygens (including phenoxy) is 3. The molecule has 1 aliphatic heterocycles. The molecule has 1 aliphatic rings. The maximum atomic E-state index is 12.3. The van der Waals surface area contributed by atoms with Gasteiger partial charge in [0.1, 0.15) is 19.0 Å². The monoisotopic (exact) mass is 353 g/mol. The number of anilines is 1. The van der Waals surface area contributed by atoms with Gasteiger partial charge in [0.2, 0.25) is 11.7 Å². The number of rotatable bonds is 7. The van der Waals surface area contributed by atoms with Crippen LogP contribution in [0.3, 0.4) is 0 Å². The third-order valence-corrected chi connectivity index (χ3v) is 3.76. The Morgan fingerprint density at radius 3 is 2.58 bits per heavy atom. The van der Waals surface area contributed by atoms with Gasteiger partial charge >= 0.3 is 5.97 Å². The summed E-state index contributed by atoms with van der Waals surface area (Å²) in [6.45, 7) is 1.98. The number of ketones is 1. The first-order chi connectivity index (χ1) is 12.6. The van der Waals surface area contributed by atoms with E-state index in [1.54, 1.807) is 12.1 Å². The molecule has 1 heterocycles. The lowest BCUT2D eigenvalue weighted by Crippen LogP contribution is -2.19. The highest BCUT2D eigenvalue weighted by atomic mass is 16.6.